The van der Waals surface area contributed by atoms with Crippen LogP contribution in [0.2, 0.25) is 0 Å². The zero-order valence-corrected chi connectivity index (χ0v) is 21.6. The van der Waals surface area contributed by atoms with Crippen molar-refractivity contribution in [3.05, 3.63) is 105 Å². The number of aryl methyl sites for hydroxylation is 2. The van der Waals surface area contributed by atoms with Crippen LogP contribution in [0.15, 0.2) is 75.9 Å². The molecule has 1 unspecified atom stereocenters. The molecule has 5 rings (SSSR count). The molecule has 0 fully saturated rings. The second-order valence-electron chi connectivity index (χ2n) is 9.79. The molecule has 0 saturated heterocycles. The third-order valence-electron chi connectivity index (χ3n) is 6.56. The van der Waals surface area contributed by atoms with Gasteiger partial charge in [0.05, 0.1) is 23.1 Å². The van der Waals surface area contributed by atoms with Crippen LogP contribution in [-0.2, 0) is 4.74 Å². The van der Waals surface area contributed by atoms with Crippen molar-refractivity contribution in [2.75, 3.05) is 13.2 Å². The molecule has 4 aromatic rings. The number of fused-ring (bicyclic) bond motifs is 2. The quantitative estimate of drug-likeness (QED) is 0.258. The molecule has 0 saturated carbocycles. The summed E-state index contributed by atoms with van der Waals surface area (Å²) in [5.41, 5.74) is 3.26. The van der Waals surface area contributed by atoms with Crippen LogP contribution in [0.3, 0.4) is 0 Å². The molecule has 0 radical (unpaired) electrons. The van der Waals surface area contributed by atoms with E-state index in [0.717, 1.165) is 16.7 Å². The van der Waals surface area contributed by atoms with E-state index in [2.05, 4.69) is 0 Å². The van der Waals surface area contributed by atoms with Gasteiger partial charge >= 0.3 is 0 Å². The molecule has 3 aromatic carbocycles. The number of rotatable bonds is 8. The lowest BCUT2D eigenvalue weighted by Gasteiger charge is -2.25. The first-order chi connectivity index (χ1) is 17.8. The van der Waals surface area contributed by atoms with E-state index in [-0.39, 0.29) is 23.2 Å². The number of benzene rings is 3. The van der Waals surface area contributed by atoms with Crippen molar-refractivity contribution in [3.8, 4) is 11.5 Å². The number of carbonyl (C=O) groups excluding carboxylic acids is 1. The third kappa shape index (κ3) is 4.89. The third-order valence-corrected chi connectivity index (χ3v) is 6.56. The van der Waals surface area contributed by atoms with Crippen molar-refractivity contribution in [1.29, 1.82) is 0 Å². The van der Waals surface area contributed by atoms with E-state index in [1.54, 1.807) is 4.90 Å². The van der Waals surface area contributed by atoms with Crippen molar-refractivity contribution in [3.63, 3.8) is 0 Å². The van der Waals surface area contributed by atoms with Crippen LogP contribution in [0.1, 0.15) is 59.1 Å². The summed E-state index contributed by atoms with van der Waals surface area (Å²) in [5.74, 6) is 1.18. The number of carbonyl (C=O) groups is 1. The molecule has 1 aliphatic heterocycles. The summed E-state index contributed by atoms with van der Waals surface area (Å²) in [6.45, 7) is 8.76. The smallest absolute Gasteiger partial charge is 0.290 e. The summed E-state index contributed by atoms with van der Waals surface area (Å²) >= 11 is 0. The van der Waals surface area contributed by atoms with Gasteiger partial charge in [-0.2, -0.15) is 0 Å². The Morgan fingerprint density at radius 3 is 2.46 bits per heavy atom. The minimum absolute atomic E-state index is 0.105. The van der Waals surface area contributed by atoms with Crippen LogP contribution in [0.4, 0.5) is 0 Å². The van der Waals surface area contributed by atoms with Crippen LogP contribution in [0.25, 0.3) is 11.0 Å². The van der Waals surface area contributed by atoms with Crippen molar-refractivity contribution >= 4 is 16.9 Å². The number of hydrogen-bond acceptors (Lipinski definition) is 5. The summed E-state index contributed by atoms with van der Waals surface area (Å²) in [4.78, 5) is 29.3. The maximum Gasteiger partial charge on any atom is 0.290 e. The first kappa shape index (κ1) is 24.8. The lowest BCUT2D eigenvalue weighted by molar-refractivity contribution is 0.0593. The topological polar surface area (TPSA) is 69.0 Å². The Bertz CT molecular complexity index is 1510. The second kappa shape index (κ2) is 10.2. The van der Waals surface area contributed by atoms with Gasteiger partial charge < -0.3 is 18.8 Å². The van der Waals surface area contributed by atoms with Crippen LogP contribution < -0.4 is 10.2 Å². The zero-order valence-electron chi connectivity index (χ0n) is 21.6. The average Bonchev–Trinajstić information content (AvgIpc) is 3.14. The molecule has 37 heavy (non-hydrogen) atoms. The Kier molecular flexibility index (Phi) is 6.85. The van der Waals surface area contributed by atoms with Gasteiger partial charge in [-0.25, -0.2) is 0 Å². The lowest BCUT2D eigenvalue weighted by Crippen LogP contribution is -2.31. The summed E-state index contributed by atoms with van der Waals surface area (Å²) in [5, 5.41) is 0.517. The van der Waals surface area contributed by atoms with E-state index in [4.69, 9.17) is 13.9 Å². The fraction of sp³-hybridized carbons (Fsp3) is 0.290. The monoisotopic (exact) mass is 497 g/mol. The molecular weight excluding hydrogens is 466 g/mol. The van der Waals surface area contributed by atoms with Gasteiger partial charge in [-0.3, -0.25) is 9.59 Å². The molecule has 1 aliphatic rings. The zero-order chi connectivity index (χ0) is 26.1. The van der Waals surface area contributed by atoms with Crippen LogP contribution in [0.5, 0.6) is 11.5 Å². The molecule has 0 bridgehead atoms. The molecule has 2 heterocycles. The largest absolute Gasteiger partial charge is 0.457 e. The summed E-state index contributed by atoms with van der Waals surface area (Å²) < 4.78 is 17.9. The highest BCUT2D eigenvalue weighted by Crippen LogP contribution is 2.40. The minimum atomic E-state index is -0.581. The Morgan fingerprint density at radius 2 is 1.70 bits per heavy atom. The second-order valence-corrected chi connectivity index (χ2v) is 9.79. The van der Waals surface area contributed by atoms with Gasteiger partial charge in [0, 0.05) is 13.2 Å². The number of amides is 1. The van der Waals surface area contributed by atoms with Gasteiger partial charge in [0.25, 0.3) is 5.91 Å². The highest BCUT2D eigenvalue weighted by Gasteiger charge is 2.42. The number of hydrogen-bond donors (Lipinski definition) is 0. The Labute approximate surface area is 216 Å². The van der Waals surface area contributed by atoms with Gasteiger partial charge in [0.15, 0.2) is 5.43 Å². The normalized spacial score (nSPS) is 15.0. The van der Waals surface area contributed by atoms with E-state index < -0.39 is 6.04 Å². The van der Waals surface area contributed by atoms with Gasteiger partial charge in [-0.15, -0.1) is 0 Å². The van der Waals surface area contributed by atoms with Crippen molar-refractivity contribution in [2.45, 2.75) is 46.3 Å². The Hall–Kier alpha value is -3.90. The van der Waals surface area contributed by atoms with Gasteiger partial charge in [-0.1, -0.05) is 36.4 Å². The minimum Gasteiger partial charge on any atom is -0.457 e. The first-order valence-corrected chi connectivity index (χ1v) is 12.7. The fourth-order valence-electron chi connectivity index (χ4n) is 5.02. The van der Waals surface area contributed by atoms with Crippen LogP contribution in [0, 0.1) is 13.8 Å². The van der Waals surface area contributed by atoms with E-state index in [9.17, 15) is 9.59 Å². The van der Waals surface area contributed by atoms with E-state index >= 15 is 0 Å². The molecular formula is C31H31NO5. The molecule has 1 amide bonds. The standard InChI is InChI=1S/C31H31NO5/c1-19(2)35-15-9-14-32-28(22-10-8-13-24(18-22)36-23-11-6-5-7-12-23)27-29(33)26-21(4)16-20(3)17-25(26)37-30(27)31(32)34/h5-8,10-13,16-19,28H,9,14-15H2,1-4H3. The van der Waals surface area contributed by atoms with E-state index in [1.807, 2.05) is 94.4 Å². The SMILES string of the molecule is Cc1cc(C)c2c(=O)c3c(oc2c1)C(=O)N(CCCOC(C)C)C3c1cccc(Oc2ccccc2)c1. The number of ether oxygens (including phenoxy) is 2. The van der Waals surface area contributed by atoms with Gasteiger partial charge in [-0.05, 0) is 81.1 Å². The molecule has 0 aliphatic carbocycles. The van der Waals surface area contributed by atoms with E-state index in [1.165, 1.54) is 0 Å². The molecule has 6 heteroatoms. The van der Waals surface area contributed by atoms with Gasteiger partial charge in [0.1, 0.15) is 17.1 Å². The average molecular weight is 498 g/mol. The van der Waals surface area contributed by atoms with Gasteiger partial charge in [0.2, 0.25) is 5.76 Å². The van der Waals surface area contributed by atoms with Crippen molar-refractivity contribution < 1.29 is 18.7 Å². The molecule has 0 N–H and O–H groups in total. The van der Waals surface area contributed by atoms with E-state index in [0.29, 0.717) is 47.6 Å². The number of para-hydroxylation sites is 1. The highest BCUT2D eigenvalue weighted by molar-refractivity contribution is 5.99. The molecule has 0 spiro atoms. The molecule has 1 aromatic heterocycles. The Balaban J connectivity index is 1.60. The van der Waals surface area contributed by atoms with Crippen LogP contribution in [-0.4, -0.2) is 30.1 Å². The predicted molar refractivity (Wildman–Crippen MR) is 144 cm³/mol. The molecule has 190 valence electrons. The maximum absolute atomic E-state index is 13.9. The first-order valence-electron chi connectivity index (χ1n) is 12.7. The maximum atomic E-state index is 13.9. The predicted octanol–water partition coefficient (Wildman–Crippen LogP) is 6.56. The Morgan fingerprint density at radius 1 is 0.946 bits per heavy atom. The fourth-order valence-corrected chi connectivity index (χ4v) is 5.02. The molecule has 6 nitrogen and oxygen atoms in total. The molecule has 1 atom stereocenters. The van der Waals surface area contributed by atoms with Crippen molar-refractivity contribution in [1.82, 2.24) is 4.90 Å². The lowest BCUT2D eigenvalue weighted by atomic mass is 9.96. The highest BCUT2D eigenvalue weighted by atomic mass is 16.5. The summed E-state index contributed by atoms with van der Waals surface area (Å²) in [7, 11) is 0. The van der Waals surface area contributed by atoms with Crippen LogP contribution >= 0.6 is 0 Å². The number of nitrogens with zero attached hydrogens (tertiary/aromatic N) is 1. The summed E-state index contributed by atoms with van der Waals surface area (Å²) in [6, 6.07) is 20.3. The van der Waals surface area contributed by atoms with Crippen molar-refractivity contribution in [2.24, 2.45) is 0 Å². The summed E-state index contributed by atoms with van der Waals surface area (Å²) in [6.07, 6.45) is 0.745.